The van der Waals surface area contributed by atoms with Crippen LogP contribution in [0.3, 0.4) is 0 Å². The lowest BCUT2D eigenvalue weighted by Gasteiger charge is -2.08. The summed E-state index contributed by atoms with van der Waals surface area (Å²) >= 11 is 0. The number of hydrogen-bond acceptors (Lipinski definition) is 3. The Morgan fingerprint density at radius 3 is 2.64 bits per heavy atom. The Labute approximate surface area is 81.9 Å². The Morgan fingerprint density at radius 1 is 1.50 bits per heavy atom. The van der Waals surface area contributed by atoms with Crippen LogP contribution in [0.5, 0.6) is 0 Å². The predicted octanol–water partition coefficient (Wildman–Crippen LogP) is 1.39. The van der Waals surface area contributed by atoms with E-state index in [2.05, 4.69) is 4.74 Å². The maximum atomic E-state index is 10.3. The van der Waals surface area contributed by atoms with Gasteiger partial charge in [0, 0.05) is 0 Å². The molecular formula is C10H10N2O2. The van der Waals surface area contributed by atoms with Crippen LogP contribution in [0, 0.1) is 11.3 Å². The third-order valence-electron chi connectivity index (χ3n) is 1.75. The molecule has 0 aliphatic rings. The summed E-state index contributed by atoms with van der Waals surface area (Å²) in [6, 6.07) is 11.1. The van der Waals surface area contributed by atoms with Gasteiger partial charge in [0.05, 0.1) is 6.07 Å². The van der Waals surface area contributed by atoms with E-state index in [9.17, 15) is 4.79 Å². The monoisotopic (exact) mass is 190 g/mol. The van der Waals surface area contributed by atoms with Crippen molar-refractivity contribution in [2.75, 3.05) is 6.61 Å². The van der Waals surface area contributed by atoms with Gasteiger partial charge in [-0.25, -0.2) is 4.79 Å². The van der Waals surface area contributed by atoms with E-state index in [-0.39, 0.29) is 6.61 Å². The standard InChI is InChI=1S/C10H10N2O2/c11-6-9(7-14-10(12)13)8-4-2-1-3-5-8/h1-5,9H,7H2,(H2,12,13). The van der Waals surface area contributed by atoms with Crippen molar-refractivity contribution < 1.29 is 9.53 Å². The van der Waals surface area contributed by atoms with Gasteiger partial charge >= 0.3 is 6.09 Å². The number of nitrogens with two attached hydrogens (primary N) is 1. The first kappa shape index (κ1) is 10.1. The fraction of sp³-hybridized carbons (Fsp3) is 0.200. The average Bonchev–Trinajstić information content (AvgIpc) is 2.20. The molecule has 1 unspecified atom stereocenters. The lowest BCUT2D eigenvalue weighted by molar-refractivity contribution is 0.154. The highest BCUT2D eigenvalue weighted by molar-refractivity contribution is 5.64. The van der Waals surface area contributed by atoms with Crippen molar-refractivity contribution in [3.8, 4) is 6.07 Å². The first-order valence-corrected chi connectivity index (χ1v) is 4.11. The molecule has 1 amide bonds. The molecule has 0 bridgehead atoms. The Kier molecular flexibility index (Phi) is 3.50. The highest BCUT2D eigenvalue weighted by atomic mass is 16.5. The molecule has 1 aromatic rings. The number of carbonyl (C=O) groups excluding carboxylic acids is 1. The van der Waals surface area contributed by atoms with Crippen LogP contribution in [0.2, 0.25) is 0 Å². The van der Waals surface area contributed by atoms with E-state index in [0.717, 1.165) is 5.56 Å². The third kappa shape index (κ3) is 2.79. The van der Waals surface area contributed by atoms with Gasteiger partial charge in [0.2, 0.25) is 0 Å². The minimum Gasteiger partial charge on any atom is -0.448 e. The molecule has 0 saturated carbocycles. The summed E-state index contributed by atoms with van der Waals surface area (Å²) in [4.78, 5) is 10.3. The van der Waals surface area contributed by atoms with Crippen LogP contribution in [0.4, 0.5) is 4.79 Å². The SMILES string of the molecule is N#CC(COC(N)=O)c1ccccc1. The molecule has 4 heteroatoms. The highest BCUT2D eigenvalue weighted by Crippen LogP contribution is 2.14. The van der Waals surface area contributed by atoms with Crippen molar-refractivity contribution in [2.24, 2.45) is 5.73 Å². The predicted molar refractivity (Wildman–Crippen MR) is 50.3 cm³/mol. The zero-order chi connectivity index (χ0) is 10.4. The van der Waals surface area contributed by atoms with Gasteiger partial charge in [-0.05, 0) is 5.56 Å². The van der Waals surface area contributed by atoms with Crippen molar-refractivity contribution in [3.05, 3.63) is 35.9 Å². The summed E-state index contributed by atoms with van der Waals surface area (Å²) in [7, 11) is 0. The number of rotatable bonds is 3. The van der Waals surface area contributed by atoms with Gasteiger partial charge in [-0.15, -0.1) is 0 Å². The molecule has 0 aliphatic heterocycles. The Hall–Kier alpha value is -2.02. The van der Waals surface area contributed by atoms with Crippen LogP contribution in [-0.4, -0.2) is 12.7 Å². The van der Waals surface area contributed by atoms with E-state index < -0.39 is 12.0 Å². The Morgan fingerprint density at radius 2 is 2.14 bits per heavy atom. The summed E-state index contributed by atoms with van der Waals surface area (Å²) in [6.45, 7) is -0.00412. The molecule has 0 spiro atoms. The zero-order valence-corrected chi connectivity index (χ0v) is 7.51. The van der Waals surface area contributed by atoms with Crippen LogP contribution in [0.15, 0.2) is 30.3 Å². The van der Waals surface area contributed by atoms with Crippen LogP contribution >= 0.6 is 0 Å². The Bertz CT molecular complexity index is 343. The number of nitrogens with zero attached hydrogens (tertiary/aromatic N) is 1. The molecule has 0 radical (unpaired) electrons. The number of carbonyl (C=O) groups is 1. The van der Waals surface area contributed by atoms with Crippen molar-refractivity contribution in [1.29, 1.82) is 5.26 Å². The second-order valence-electron chi connectivity index (χ2n) is 2.72. The van der Waals surface area contributed by atoms with Crippen LogP contribution in [0.25, 0.3) is 0 Å². The third-order valence-corrected chi connectivity index (χ3v) is 1.75. The van der Waals surface area contributed by atoms with Crippen molar-refractivity contribution in [3.63, 3.8) is 0 Å². The van der Waals surface area contributed by atoms with Gasteiger partial charge < -0.3 is 10.5 Å². The van der Waals surface area contributed by atoms with Crippen LogP contribution in [0.1, 0.15) is 11.5 Å². The van der Waals surface area contributed by atoms with Gasteiger partial charge in [-0.2, -0.15) is 5.26 Å². The molecule has 1 aromatic carbocycles. The van der Waals surface area contributed by atoms with Crippen LogP contribution in [-0.2, 0) is 4.74 Å². The lowest BCUT2D eigenvalue weighted by atomic mass is 10.0. The average molecular weight is 190 g/mol. The molecule has 4 nitrogen and oxygen atoms in total. The zero-order valence-electron chi connectivity index (χ0n) is 7.51. The second-order valence-corrected chi connectivity index (χ2v) is 2.72. The highest BCUT2D eigenvalue weighted by Gasteiger charge is 2.11. The summed E-state index contributed by atoms with van der Waals surface area (Å²) in [5, 5.41) is 8.81. The molecule has 0 aliphatic carbocycles. The lowest BCUT2D eigenvalue weighted by Crippen LogP contribution is -2.17. The number of benzene rings is 1. The smallest absolute Gasteiger partial charge is 0.404 e. The van der Waals surface area contributed by atoms with Crippen molar-refractivity contribution >= 4 is 6.09 Å². The van der Waals surface area contributed by atoms with E-state index in [0.29, 0.717) is 0 Å². The van der Waals surface area contributed by atoms with Crippen molar-refractivity contribution in [2.45, 2.75) is 5.92 Å². The van der Waals surface area contributed by atoms with E-state index in [1.54, 1.807) is 12.1 Å². The van der Waals surface area contributed by atoms with Crippen molar-refractivity contribution in [1.82, 2.24) is 0 Å². The molecule has 1 rings (SSSR count). The maximum absolute atomic E-state index is 10.3. The topological polar surface area (TPSA) is 76.1 Å². The van der Waals surface area contributed by atoms with E-state index in [1.807, 2.05) is 24.3 Å². The molecule has 0 fully saturated rings. The van der Waals surface area contributed by atoms with E-state index in [1.165, 1.54) is 0 Å². The maximum Gasteiger partial charge on any atom is 0.404 e. The largest absolute Gasteiger partial charge is 0.448 e. The molecular weight excluding hydrogens is 180 g/mol. The molecule has 2 N–H and O–H groups in total. The number of hydrogen-bond donors (Lipinski definition) is 1. The fourth-order valence-electron chi connectivity index (χ4n) is 1.06. The van der Waals surface area contributed by atoms with Gasteiger partial charge in [0.15, 0.2) is 0 Å². The van der Waals surface area contributed by atoms with Gasteiger partial charge in [-0.3, -0.25) is 0 Å². The van der Waals surface area contributed by atoms with E-state index >= 15 is 0 Å². The molecule has 72 valence electrons. The van der Waals surface area contributed by atoms with E-state index in [4.69, 9.17) is 11.0 Å². The fourth-order valence-corrected chi connectivity index (χ4v) is 1.06. The first-order chi connectivity index (χ1) is 6.74. The molecule has 14 heavy (non-hydrogen) atoms. The minimum atomic E-state index is -0.860. The summed E-state index contributed by atoms with van der Waals surface area (Å²) in [6.07, 6.45) is -0.860. The number of nitriles is 1. The summed E-state index contributed by atoms with van der Waals surface area (Å²) in [5.41, 5.74) is 5.62. The van der Waals surface area contributed by atoms with Gasteiger partial charge in [0.25, 0.3) is 0 Å². The minimum absolute atomic E-state index is 0.00412. The normalized spacial score (nSPS) is 11.4. The number of amides is 1. The molecule has 0 heterocycles. The first-order valence-electron chi connectivity index (χ1n) is 4.11. The quantitative estimate of drug-likeness (QED) is 0.782. The number of ether oxygens (including phenoxy) is 1. The Balaban J connectivity index is 2.65. The number of primary amides is 1. The molecule has 1 atom stereocenters. The second kappa shape index (κ2) is 4.87. The summed E-state index contributed by atoms with van der Waals surface area (Å²) in [5.74, 6) is -0.455. The molecule has 0 saturated heterocycles. The van der Waals surface area contributed by atoms with Gasteiger partial charge in [0.1, 0.15) is 12.5 Å². The molecule has 0 aromatic heterocycles. The van der Waals surface area contributed by atoms with Gasteiger partial charge in [-0.1, -0.05) is 30.3 Å². The summed E-state index contributed by atoms with van der Waals surface area (Å²) < 4.78 is 4.57. The van der Waals surface area contributed by atoms with Crippen LogP contribution < -0.4 is 5.73 Å².